The van der Waals surface area contributed by atoms with Crippen molar-refractivity contribution < 1.29 is 9.31 Å². The lowest BCUT2D eigenvalue weighted by atomic mass is 9.81. The van der Waals surface area contributed by atoms with Gasteiger partial charge in [0.1, 0.15) is 11.5 Å². The molecule has 1 heterocycles. The average molecular weight is 238 g/mol. The van der Waals surface area contributed by atoms with Crippen LogP contribution in [0.1, 0.15) is 11.1 Å². The Balaban J connectivity index is 1.58. The van der Waals surface area contributed by atoms with Crippen molar-refractivity contribution in [2.45, 2.75) is 19.7 Å². The Morgan fingerprint density at radius 3 is 2.11 bits per heavy atom. The zero-order chi connectivity index (χ0) is 12.4. The molecule has 90 valence electrons. The van der Waals surface area contributed by atoms with E-state index in [0.29, 0.717) is 0 Å². The summed E-state index contributed by atoms with van der Waals surface area (Å²) in [6, 6.07) is 16.4. The summed E-state index contributed by atoms with van der Waals surface area (Å²) >= 11 is 0. The minimum atomic E-state index is -0.149. The van der Waals surface area contributed by atoms with Crippen molar-refractivity contribution in [3.63, 3.8) is 0 Å². The molecule has 0 atom stereocenters. The lowest BCUT2D eigenvalue weighted by Crippen LogP contribution is -2.24. The van der Waals surface area contributed by atoms with E-state index in [-0.39, 0.29) is 7.12 Å². The smallest absolute Gasteiger partial charge is 0.523 e. The predicted molar refractivity (Wildman–Crippen MR) is 73.1 cm³/mol. The SMILES string of the molecule is Cc1ccc(CCB2Oc3ccccc3O2)cc1. The van der Waals surface area contributed by atoms with E-state index in [0.717, 1.165) is 24.2 Å². The summed E-state index contributed by atoms with van der Waals surface area (Å²) in [4.78, 5) is 0. The van der Waals surface area contributed by atoms with Gasteiger partial charge in [0.15, 0.2) is 0 Å². The van der Waals surface area contributed by atoms with Crippen LogP contribution in [0, 0.1) is 6.92 Å². The third kappa shape index (κ3) is 2.35. The van der Waals surface area contributed by atoms with E-state index in [1.807, 2.05) is 24.3 Å². The van der Waals surface area contributed by atoms with Gasteiger partial charge >= 0.3 is 7.12 Å². The summed E-state index contributed by atoms with van der Waals surface area (Å²) in [5.41, 5.74) is 2.61. The second-order valence-electron chi connectivity index (χ2n) is 4.64. The maximum Gasteiger partial charge on any atom is 0.595 e. The van der Waals surface area contributed by atoms with Gasteiger partial charge in [-0.05, 0) is 31.0 Å². The molecule has 1 aliphatic heterocycles. The third-order valence-electron chi connectivity index (χ3n) is 3.16. The highest BCUT2D eigenvalue weighted by Gasteiger charge is 2.30. The molecule has 18 heavy (non-hydrogen) atoms. The van der Waals surface area contributed by atoms with Crippen molar-refractivity contribution in [2.75, 3.05) is 0 Å². The second-order valence-corrected chi connectivity index (χ2v) is 4.64. The van der Waals surface area contributed by atoms with Crippen LogP contribution in [0.3, 0.4) is 0 Å². The predicted octanol–water partition coefficient (Wildman–Crippen LogP) is 3.50. The molecule has 3 rings (SSSR count). The Morgan fingerprint density at radius 1 is 0.889 bits per heavy atom. The first kappa shape index (κ1) is 11.2. The Hall–Kier alpha value is -1.90. The van der Waals surface area contributed by atoms with E-state index in [4.69, 9.17) is 9.31 Å². The van der Waals surface area contributed by atoms with Crippen molar-refractivity contribution in [2.24, 2.45) is 0 Å². The molecule has 1 aliphatic rings. The van der Waals surface area contributed by atoms with E-state index in [1.165, 1.54) is 11.1 Å². The fourth-order valence-electron chi connectivity index (χ4n) is 2.11. The summed E-state index contributed by atoms with van der Waals surface area (Å²) < 4.78 is 11.5. The number of benzene rings is 2. The lowest BCUT2D eigenvalue weighted by Gasteiger charge is -2.05. The molecular formula is C15H15BO2. The molecule has 2 aromatic carbocycles. The van der Waals surface area contributed by atoms with Crippen LogP contribution in [0.15, 0.2) is 48.5 Å². The monoisotopic (exact) mass is 238 g/mol. The zero-order valence-corrected chi connectivity index (χ0v) is 10.4. The number of hydrogen-bond donors (Lipinski definition) is 0. The molecule has 0 unspecified atom stereocenters. The van der Waals surface area contributed by atoms with E-state index in [1.54, 1.807) is 0 Å². The van der Waals surface area contributed by atoms with E-state index in [2.05, 4.69) is 31.2 Å². The molecule has 0 bridgehead atoms. The van der Waals surface area contributed by atoms with Crippen LogP contribution in [0.2, 0.25) is 6.32 Å². The van der Waals surface area contributed by atoms with Gasteiger partial charge in [0.2, 0.25) is 0 Å². The highest BCUT2D eigenvalue weighted by molar-refractivity contribution is 6.47. The van der Waals surface area contributed by atoms with Gasteiger partial charge in [-0.3, -0.25) is 0 Å². The summed E-state index contributed by atoms with van der Waals surface area (Å²) in [6.07, 6.45) is 1.84. The fourth-order valence-corrected chi connectivity index (χ4v) is 2.11. The Labute approximate surface area is 108 Å². The molecule has 2 nitrogen and oxygen atoms in total. The highest BCUT2D eigenvalue weighted by atomic mass is 16.6. The van der Waals surface area contributed by atoms with E-state index in [9.17, 15) is 0 Å². The molecule has 0 aliphatic carbocycles. The van der Waals surface area contributed by atoms with Crippen molar-refractivity contribution in [3.05, 3.63) is 59.7 Å². The lowest BCUT2D eigenvalue weighted by molar-refractivity contribution is 0.496. The molecule has 0 amide bonds. The van der Waals surface area contributed by atoms with Crippen LogP contribution >= 0.6 is 0 Å². The normalized spacial score (nSPS) is 12.8. The Kier molecular flexibility index (Phi) is 2.97. The van der Waals surface area contributed by atoms with Gasteiger partial charge in [-0.25, -0.2) is 0 Å². The van der Waals surface area contributed by atoms with Gasteiger partial charge in [-0.15, -0.1) is 0 Å². The fraction of sp³-hybridized carbons (Fsp3) is 0.200. The molecule has 0 N–H and O–H groups in total. The first-order chi connectivity index (χ1) is 8.81. The largest absolute Gasteiger partial charge is 0.595 e. The van der Waals surface area contributed by atoms with Gasteiger partial charge in [0.05, 0.1) is 0 Å². The Bertz CT molecular complexity index is 511. The van der Waals surface area contributed by atoms with Crippen LogP contribution in [-0.4, -0.2) is 7.12 Å². The molecule has 0 saturated heterocycles. The van der Waals surface area contributed by atoms with Crippen LogP contribution in [0.25, 0.3) is 0 Å². The van der Waals surface area contributed by atoms with Gasteiger partial charge in [-0.1, -0.05) is 42.0 Å². The van der Waals surface area contributed by atoms with Crippen LogP contribution in [-0.2, 0) is 6.42 Å². The number of rotatable bonds is 3. The van der Waals surface area contributed by atoms with Crippen molar-refractivity contribution in [1.82, 2.24) is 0 Å². The van der Waals surface area contributed by atoms with Crippen molar-refractivity contribution in [1.29, 1.82) is 0 Å². The van der Waals surface area contributed by atoms with E-state index < -0.39 is 0 Å². The molecule has 0 aromatic heterocycles. The standard InChI is InChI=1S/C15H15BO2/c1-12-6-8-13(9-7-12)10-11-16-17-14-4-2-3-5-15(14)18-16/h2-9H,10-11H2,1H3. The van der Waals surface area contributed by atoms with Crippen LogP contribution in [0.4, 0.5) is 0 Å². The molecular weight excluding hydrogens is 223 g/mol. The maximum atomic E-state index is 5.73. The van der Waals surface area contributed by atoms with Crippen molar-refractivity contribution >= 4 is 7.12 Å². The summed E-state index contributed by atoms with van der Waals surface area (Å²) in [7, 11) is -0.149. The molecule has 0 radical (unpaired) electrons. The van der Waals surface area contributed by atoms with Gasteiger partial charge in [-0.2, -0.15) is 0 Å². The third-order valence-corrected chi connectivity index (χ3v) is 3.16. The molecule has 0 saturated carbocycles. The first-order valence-electron chi connectivity index (χ1n) is 6.29. The number of aryl methyl sites for hydroxylation is 2. The summed E-state index contributed by atoms with van der Waals surface area (Å²) in [6.45, 7) is 2.10. The second kappa shape index (κ2) is 4.77. The molecule has 2 aromatic rings. The number of fused-ring (bicyclic) bond motifs is 1. The zero-order valence-electron chi connectivity index (χ0n) is 10.4. The van der Waals surface area contributed by atoms with Gasteiger partial charge in [0, 0.05) is 6.32 Å². The summed E-state index contributed by atoms with van der Waals surface area (Å²) in [5, 5.41) is 0. The topological polar surface area (TPSA) is 18.5 Å². The van der Waals surface area contributed by atoms with Crippen LogP contribution in [0.5, 0.6) is 11.5 Å². The van der Waals surface area contributed by atoms with Crippen LogP contribution < -0.4 is 9.31 Å². The number of hydrogen-bond acceptors (Lipinski definition) is 2. The molecule has 0 spiro atoms. The van der Waals surface area contributed by atoms with Gasteiger partial charge in [0.25, 0.3) is 0 Å². The minimum Gasteiger partial charge on any atom is -0.523 e. The van der Waals surface area contributed by atoms with Crippen molar-refractivity contribution in [3.8, 4) is 11.5 Å². The average Bonchev–Trinajstić information content (AvgIpc) is 2.81. The van der Waals surface area contributed by atoms with Gasteiger partial charge < -0.3 is 9.31 Å². The minimum absolute atomic E-state index is 0.149. The quantitative estimate of drug-likeness (QED) is 0.762. The first-order valence-corrected chi connectivity index (χ1v) is 6.29. The molecule has 3 heteroatoms. The maximum absolute atomic E-state index is 5.73. The van der Waals surface area contributed by atoms with E-state index >= 15 is 0 Å². The Morgan fingerprint density at radius 2 is 1.50 bits per heavy atom. The molecule has 0 fully saturated rings. The summed E-state index contributed by atoms with van der Waals surface area (Å²) in [5.74, 6) is 1.71. The highest BCUT2D eigenvalue weighted by Crippen LogP contribution is 2.33. The number of para-hydroxylation sites is 2.